The Hall–Kier alpha value is -2.22. The number of carbonyl (C=O) groups is 1. The summed E-state index contributed by atoms with van der Waals surface area (Å²) in [6, 6.07) is 2.50. The Kier molecular flexibility index (Phi) is 4.08. The number of nitrogens with zero attached hydrogens (tertiary/aromatic N) is 1. The van der Waals surface area contributed by atoms with Crippen LogP contribution >= 0.6 is 11.6 Å². The Morgan fingerprint density at radius 2 is 1.48 bits per heavy atom. The molecule has 1 amide bonds. The van der Waals surface area contributed by atoms with Crippen molar-refractivity contribution in [2.24, 2.45) is 0 Å². The van der Waals surface area contributed by atoms with E-state index in [0.29, 0.717) is 0 Å². The highest BCUT2D eigenvalue weighted by Crippen LogP contribution is 2.24. The smallest absolute Gasteiger partial charge is 0.261 e. The van der Waals surface area contributed by atoms with Gasteiger partial charge in [-0.2, -0.15) is 0 Å². The molecule has 1 N–H and O–H groups in total. The minimum absolute atomic E-state index is 0.0339. The van der Waals surface area contributed by atoms with Gasteiger partial charge < -0.3 is 5.32 Å². The number of amides is 1. The molecule has 0 aliphatic heterocycles. The minimum atomic E-state index is -2.34. The molecule has 110 valence electrons. The van der Waals surface area contributed by atoms with Crippen molar-refractivity contribution in [3.8, 4) is 0 Å². The van der Waals surface area contributed by atoms with E-state index in [2.05, 4.69) is 4.98 Å². The van der Waals surface area contributed by atoms with Crippen LogP contribution in [0.1, 0.15) is 10.4 Å². The summed E-state index contributed by atoms with van der Waals surface area (Å²) in [6.45, 7) is 0. The van der Waals surface area contributed by atoms with Crippen molar-refractivity contribution in [3.05, 3.63) is 58.1 Å². The van der Waals surface area contributed by atoms with E-state index in [1.54, 1.807) is 0 Å². The standard InChI is InChI=1S/C12H4ClF5N2O/c13-5-2-1-4(3-19-5)20-12(21)6-7(14)9(16)11(18)10(17)8(6)15/h1-3H,(H,20,21). The summed E-state index contributed by atoms with van der Waals surface area (Å²) < 4.78 is 65.6. The molecule has 0 saturated heterocycles. The summed E-state index contributed by atoms with van der Waals surface area (Å²) in [5, 5.41) is 2.03. The molecule has 21 heavy (non-hydrogen) atoms. The summed E-state index contributed by atoms with van der Waals surface area (Å²) in [5.41, 5.74) is -1.62. The Labute approximate surface area is 119 Å². The van der Waals surface area contributed by atoms with E-state index in [1.807, 2.05) is 5.32 Å². The maximum absolute atomic E-state index is 13.4. The Bertz CT molecular complexity index is 692. The van der Waals surface area contributed by atoms with Crippen LogP contribution in [0.25, 0.3) is 0 Å². The van der Waals surface area contributed by atoms with E-state index in [-0.39, 0.29) is 10.8 Å². The van der Waals surface area contributed by atoms with Crippen molar-refractivity contribution in [2.45, 2.75) is 0 Å². The van der Waals surface area contributed by atoms with Crippen molar-refractivity contribution in [1.29, 1.82) is 0 Å². The maximum Gasteiger partial charge on any atom is 0.261 e. The van der Waals surface area contributed by atoms with Gasteiger partial charge in [-0.1, -0.05) is 11.6 Å². The van der Waals surface area contributed by atoms with Gasteiger partial charge in [0.1, 0.15) is 10.7 Å². The van der Waals surface area contributed by atoms with E-state index < -0.39 is 40.6 Å². The number of halogens is 6. The Balaban J connectivity index is 2.42. The minimum Gasteiger partial charge on any atom is -0.320 e. The molecular weight excluding hydrogens is 319 g/mol. The fourth-order valence-corrected chi connectivity index (χ4v) is 1.56. The molecule has 1 heterocycles. The lowest BCUT2D eigenvalue weighted by atomic mass is 10.1. The average Bonchev–Trinajstić information content (AvgIpc) is 2.46. The summed E-state index contributed by atoms with van der Waals surface area (Å²) in [7, 11) is 0. The molecule has 2 rings (SSSR count). The quantitative estimate of drug-likeness (QED) is 0.396. The number of anilines is 1. The van der Waals surface area contributed by atoms with Crippen LogP contribution in [0.5, 0.6) is 0 Å². The largest absolute Gasteiger partial charge is 0.320 e. The normalized spacial score (nSPS) is 10.6. The molecule has 0 spiro atoms. The first kappa shape index (κ1) is 15.2. The fourth-order valence-electron chi connectivity index (χ4n) is 1.45. The Morgan fingerprint density at radius 3 is 1.95 bits per heavy atom. The van der Waals surface area contributed by atoms with Crippen LogP contribution in [0.3, 0.4) is 0 Å². The van der Waals surface area contributed by atoms with E-state index in [0.717, 1.165) is 6.20 Å². The van der Waals surface area contributed by atoms with Gasteiger partial charge in [0.25, 0.3) is 5.91 Å². The van der Waals surface area contributed by atoms with Gasteiger partial charge in [0.2, 0.25) is 5.82 Å². The molecule has 1 aromatic heterocycles. The molecule has 3 nitrogen and oxygen atoms in total. The molecule has 0 aliphatic carbocycles. The van der Waals surface area contributed by atoms with Crippen molar-refractivity contribution < 1.29 is 26.7 Å². The van der Waals surface area contributed by atoms with Crippen LogP contribution in [0.15, 0.2) is 18.3 Å². The summed E-state index contributed by atoms with van der Waals surface area (Å²) >= 11 is 5.49. The second-order valence-corrected chi connectivity index (χ2v) is 4.16. The average molecular weight is 323 g/mol. The number of pyridine rings is 1. The van der Waals surface area contributed by atoms with E-state index in [4.69, 9.17) is 11.6 Å². The van der Waals surface area contributed by atoms with E-state index in [1.165, 1.54) is 12.1 Å². The van der Waals surface area contributed by atoms with Crippen LogP contribution < -0.4 is 5.32 Å². The summed E-state index contributed by atoms with van der Waals surface area (Å²) in [6.07, 6.45) is 1.05. The number of hydrogen-bond acceptors (Lipinski definition) is 2. The number of benzene rings is 1. The highest BCUT2D eigenvalue weighted by Gasteiger charge is 2.29. The number of nitrogens with one attached hydrogen (secondary N) is 1. The predicted molar refractivity (Wildman–Crippen MR) is 63.4 cm³/mol. The zero-order valence-electron chi connectivity index (χ0n) is 9.86. The van der Waals surface area contributed by atoms with Crippen LogP contribution in [0, 0.1) is 29.1 Å². The predicted octanol–water partition coefficient (Wildman–Crippen LogP) is 3.68. The molecule has 1 aromatic carbocycles. The highest BCUT2D eigenvalue weighted by molar-refractivity contribution is 6.29. The second kappa shape index (κ2) is 5.65. The third kappa shape index (κ3) is 2.80. The molecule has 0 unspecified atom stereocenters. The molecule has 0 aliphatic rings. The topological polar surface area (TPSA) is 42.0 Å². The third-order valence-corrected chi connectivity index (χ3v) is 2.65. The van der Waals surface area contributed by atoms with Gasteiger partial charge in [-0.3, -0.25) is 4.79 Å². The lowest BCUT2D eigenvalue weighted by Gasteiger charge is -2.09. The van der Waals surface area contributed by atoms with Crippen molar-refractivity contribution in [2.75, 3.05) is 5.32 Å². The van der Waals surface area contributed by atoms with Gasteiger partial charge in [0, 0.05) is 0 Å². The van der Waals surface area contributed by atoms with Crippen LogP contribution in [0.2, 0.25) is 5.15 Å². The number of aromatic nitrogens is 1. The van der Waals surface area contributed by atoms with E-state index in [9.17, 15) is 26.7 Å². The van der Waals surface area contributed by atoms with Crippen molar-refractivity contribution >= 4 is 23.2 Å². The second-order valence-electron chi connectivity index (χ2n) is 3.77. The molecule has 0 atom stereocenters. The molecule has 9 heteroatoms. The first-order chi connectivity index (χ1) is 9.82. The van der Waals surface area contributed by atoms with Crippen LogP contribution in [-0.4, -0.2) is 10.9 Å². The van der Waals surface area contributed by atoms with Crippen molar-refractivity contribution in [3.63, 3.8) is 0 Å². The van der Waals surface area contributed by atoms with Crippen molar-refractivity contribution in [1.82, 2.24) is 4.98 Å². The monoisotopic (exact) mass is 322 g/mol. The molecule has 0 saturated carbocycles. The van der Waals surface area contributed by atoms with Gasteiger partial charge in [0.05, 0.1) is 11.9 Å². The fraction of sp³-hybridized carbons (Fsp3) is 0. The first-order valence-corrected chi connectivity index (χ1v) is 5.65. The van der Waals surface area contributed by atoms with Gasteiger partial charge in [0.15, 0.2) is 23.3 Å². The highest BCUT2D eigenvalue weighted by atomic mass is 35.5. The molecule has 2 aromatic rings. The third-order valence-electron chi connectivity index (χ3n) is 2.42. The molecule has 0 radical (unpaired) electrons. The SMILES string of the molecule is O=C(Nc1ccc(Cl)nc1)c1c(F)c(F)c(F)c(F)c1F. The lowest BCUT2D eigenvalue weighted by molar-refractivity contribution is 0.101. The Morgan fingerprint density at radius 1 is 0.952 bits per heavy atom. The number of hydrogen-bond donors (Lipinski definition) is 1. The van der Waals surface area contributed by atoms with Gasteiger partial charge in [-0.25, -0.2) is 26.9 Å². The first-order valence-electron chi connectivity index (χ1n) is 5.27. The molecular formula is C12H4ClF5N2O. The number of carbonyl (C=O) groups excluding carboxylic acids is 1. The van der Waals surface area contributed by atoms with Gasteiger partial charge in [-0.15, -0.1) is 0 Å². The zero-order chi connectivity index (χ0) is 15.7. The van der Waals surface area contributed by atoms with Gasteiger partial charge >= 0.3 is 0 Å². The van der Waals surface area contributed by atoms with Crippen LogP contribution in [0.4, 0.5) is 27.6 Å². The van der Waals surface area contributed by atoms with Gasteiger partial charge in [-0.05, 0) is 12.1 Å². The number of rotatable bonds is 2. The molecule has 0 bridgehead atoms. The summed E-state index contributed by atoms with van der Waals surface area (Å²) in [4.78, 5) is 15.2. The van der Waals surface area contributed by atoms with E-state index >= 15 is 0 Å². The summed E-state index contributed by atoms with van der Waals surface area (Å²) in [5.74, 6) is -12.7. The molecule has 0 fully saturated rings. The lowest BCUT2D eigenvalue weighted by Crippen LogP contribution is -2.19. The maximum atomic E-state index is 13.4. The van der Waals surface area contributed by atoms with Crippen LogP contribution in [-0.2, 0) is 0 Å². The zero-order valence-corrected chi connectivity index (χ0v) is 10.6.